The zero-order chi connectivity index (χ0) is 18.2. The Bertz CT molecular complexity index is 621. The van der Waals surface area contributed by atoms with Crippen molar-refractivity contribution in [2.45, 2.75) is 58.5 Å². The molecule has 0 aromatic heterocycles. The van der Waals surface area contributed by atoms with Crippen LogP contribution in [0.4, 0.5) is 0 Å². The van der Waals surface area contributed by atoms with E-state index in [9.17, 15) is 9.59 Å². The number of methoxy groups -OCH3 is 1. The Labute approximate surface area is 150 Å². The maximum absolute atomic E-state index is 13.3. The number of carbonyl (C=O) groups excluding carboxylic acids is 2. The first-order chi connectivity index (χ1) is 11.7. The molecule has 7 atom stereocenters. The van der Waals surface area contributed by atoms with Gasteiger partial charge >= 0.3 is 0 Å². The molecule has 0 bridgehead atoms. The Morgan fingerprint density at radius 1 is 1.24 bits per heavy atom. The highest BCUT2D eigenvalue weighted by Crippen LogP contribution is 2.80. The van der Waals surface area contributed by atoms with E-state index in [-0.39, 0.29) is 28.1 Å². The highest BCUT2D eigenvalue weighted by Gasteiger charge is 2.79. The van der Waals surface area contributed by atoms with Crippen molar-refractivity contribution in [3.8, 4) is 0 Å². The molecule has 0 unspecified atom stereocenters. The lowest BCUT2D eigenvalue weighted by molar-refractivity contribution is -0.178. The van der Waals surface area contributed by atoms with Gasteiger partial charge in [0.2, 0.25) is 5.91 Å². The van der Waals surface area contributed by atoms with Gasteiger partial charge in [-0.2, -0.15) is 0 Å². The van der Waals surface area contributed by atoms with Gasteiger partial charge in [0.05, 0.1) is 13.2 Å². The van der Waals surface area contributed by atoms with E-state index in [4.69, 9.17) is 9.57 Å². The van der Waals surface area contributed by atoms with E-state index in [1.54, 1.807) is 14.2 Å². The zero-order valence-corrected chi connectivity index (χ0v) is 16.1. The summed E-state index contributed by atoms with van der Waals surface area (Å²) in [4.78, 5) is 31.4. The minimum absolute atomic E-state index is 0.0277. The molecular weight excluding hydrogens is 318 g/mol. The molecule has 4 fully saturated rings. The van der Waals surface area contributed by atoms with E-state index < -0.39 is 0 Å². The smallest absolute Gasteiger partial charge is 0.249 e. The monoisotopic (exact) mass is 349 g/mol. The number of rotatable bonds is 3. The summed E-state index contributed by atoms with van der Waals surface area (Å²) in [6.45, 7) is 4.43. The molecule has 4 saturated carbocycles. The third-order valence-electron chi connectivity index (χ3n) is 9.04. The summed E-state index contributed by atoms with van der Waals surface area (Å²) < 4.78 is 5.63. The first-order valence-electron chi connectivity index (χ1n) is 9.63. The van der Waals surface area contributed by atoms with Crippen LogP contribution in [0.2, 0.25) is 0 Å². The predicted octanol–water partition coefficient (Wildman–Crippen LogP) is 2.83. The summed E-state index contributed by atoms with van der Waals surface area (Å²) in [5.41, 5.74) is -0.560. The quantitative estimate of drug-likeness (QED) is 0.735. The number of carbonyl (C=O) groups is 2. The first-order valence-corrected chi connectivity index (χ1v) is 9.63. The van der Waals surface area contributed by atoms with Crippen molar-refractivity contribution in [1.82, 2.24) is 5.06 Å². The van der Waals surface area contributed by atoms with Gasteiger partial charge in [-0.15, -0.1) is 0 Å². The van der Waals surface area contributed by atoms with Crippen LogP contribution in [0, 0.1) is 34.0 Å². The summed E-state index contributed by atoms with van der Waals surface area (Å²) in [6.07, 6.45) is 5.84. The van der Waals surface area contributed by atoms with E-state index in [1.807, 2.05) is 0 Å². The Morgan fingerprint density at radius 2 is 1.96 bits per heavy atom. The Kier molecular flexibility index (Phi) is 3.70. The van der Waals surface area contributed by atoms with Gasteiger partial charge in [-0.05, 0) is 54.8 Å². The second-order valence-electron chi connectivity index (χ2n) is 9.31. The van der Waals surface area contributed by atoms with Crippen LogP contribution in [0.25, 0.3) is 0 Å². The van der Waals surface area contributed by atoms with Gasteiger partial charge in [0.15, 0.2) is 0 Å². The molecule has 5 heteroatoms. The van der Waals surface area contributed by atoms with E-state index >= 15 is 0 Å². The molecule has 0 aromatic carbocycles. The largest absolute Gasteiger partial charge is 0.381 e. The number of amides is 1. The summed E-state index contributed by atoms with van der Waals surface area (Å²) >= 11 is 0. The average molecular weight is 349 g/mol. The molecule has 0 N–H and O–H groups in total. The van der Waals surface area contributed by atoms with E-state index in [0.29, 0.717) is 30.1 Å². The fourth-order valence-electron chi connectivity index (χ4n) is 7.72. The van der Waals surface area contributed by atoms with Crippen molar-refractivity contribution >= 4 is 11.7 Å². The fourth-order valence-corrected chi connectivity index (χ4v) is 7.72. The summed E-state index contributed by atoms with van der Waals surface area (Å²) in [6, 6.07) is 0. The van der Waals surface area contributed by atoms with Crippen molar-refractivity contribution in [1.29, 1.82) is 0 Å². The van der Waals surface area contributed by atoms with Gasteiger partial charge in [-0.3, -0.25) is 14.4 Å². The van der Waals surface area contributed by atoms with Crippen molar-refractivity contribution in [3.63, 3.8) is 0 Å². The molecule has 5 nitrogen and oxygen atoms in total. The van der Waals surface area contributed by atoms with Crippen LogP contribution in [-0.2, 0) is 19.2 Å². The minimum Gasteiger partial charge on any atom is -0.381 e. The molecule has 1 amide bonds. The van der Waals surface area contributed by atoms with Gasteiger partial charge in [0.1, 0.15) is 5.78 Å². The summed E-state index contributed by atoms with van der Waals surface area (Å²) in [5, 5.41) is 1.35. The predicted molar refractivity (Wildman–Crippen MR) is 92.4 cm³/mol. The number of hydrogen-bond acceptors (Lipinski definition) is 4. The van der Waals surface area contributed by atoms with Crippen molar-refractivity contribution in [2.24, 2.45) is 34.0 Å². The lowest BCUT2D eigenvalue weighted by Crippen LogP contribution is -2.46. The summed E-state index contributed by atoms with van der Waals surface area (Å²) in [7, 11) is 4.99. The third kappa shape index (κ3) is 1.82. The Hall–Kier alpha value is -0.940. The minimum atomic E-state index is -0.291. The number of nitrogens with zero attached hydrogens (tertiary/aromatic N) is 1. The molecule has 140 valence electrons. The van der Waals surface area contributed by atoms with Gasteiger partial charge in [0.25, 0.3) is 0 Å². The molecule has 25 heavy (non-hydrogen) atoms. The average Bonchev–Trinajstić information content (AvgIpc) is 3.22. The third-order valence-corrected chi connectivity index (χ3v) is 9.04. The molecule has 0 heterocycles. The number of hydrogen-bond donors (Lipinski definition) is 0. The van der Waals surface area contributed by atoms with E-state index in [1.165, 1.54) is 12.2 Å². The van der Waals surface area contributed by atoms with Crippen LogP contribution < -0.4 is 0 Å². The first kappa shape index (κ1) is 17.5. The van der Waals surface area contributed by atoms with Gasteiger partial charge < -0.3 is 4.74 Å². The standard InChI is InChI=1S/C20H31NO4/c1-18-11-16(22)19(2)15-9-13(24-4)8-12(15)10-20(18,19)7-6-14(18)17(23)21(3)25-5/h12-15H,6-11H2,1-5H3/t12-,13-,14-,15-,18+,19-,20+/m1/s1. The maximum Gasteiger partial charge on any atom is 0.249 e. The van der Waals surface area contributed by atoms with Gasteiger partial charge in [0, 0.05) is 31.9 Å². The van der Waals surface area contributed by atoms with Crippen LogP contribution in [-0.4, -0.2) is 44.1 Å². The lowest BCUT2D eigenvalue weighted by atomic mass is 9.57. The van der Waals surface area contributed by atoms with Crippen LogP contribution >= 0.6 is 0 Å². The molecule has 0 radical (unpaired) electrons. The SMILES string of the molecule is CO[C@@H]1C[C@@H]2C[C@@]34CC[C@H](C(=O)N(C)OC)[C@]3(C)CC(=O)[C@@]4(C)[C@@H]2C1. The number of hydroxylamine groups is 2. The second kappa shape index (κ2) is 5.29. The van der Waals surface area contributed by atoms with Crippen LogP contribution in [0.15, 0.2) is 0 Å². The van der Waals surface area contributed by atoms with Crippen molar-refractivity contribution in [3.05, 3.63) is 0 Å². The second-order valence-corrected chi connectivity index (χ2v) is 9.31. The Morgan fingerprint density at radius 3 is 2.60 bits per heavy atom. The van der Waals surface area contributed by atoms with Crippen LogP contribution in [0.5, 0.6) is 0 Å². The van der Waals surface area contributed by atoms with Crippen molar-refractivity contribution in [2.75, 3.05) is 21.3 Å². The molecule has 1 spiro atoms. The molecule has 4 aliphatic rings. The highest BCUT2D eigenvalue weighted by molar-refractivity contribution is 5.92. The highest BCUT2D eigenvalue weighted by atomic mass is 16.7. The van der Waals surface area contributed by atoms with Gasteiger partial charge in [-0.25, -0.2) is 5.06 Å². The maximum atomic E-state index is 13.3. The number of ketones is 1. The summed E-state index contributed by atoms with van der Waals surface area (Å²) in [5.74, 6) is 1.29. The van der Waals surface area contributed by atoms with Crippen molar-refractivity contribution < 1.29 is 19.2 Å². The van der Waals surface area contributed by atoms with Gasteiger partial charge in [-0.1, -0.05) is 13.8 Å². The molecule has 0 aliphatic heterocycles. The number of fused-ring (bicyclic) bond motifs is 2. The molecule has 4 aliphatic carbocycles. The normalized spacial score (nSPS) is 50.7. The topological polar surface area (TPSA) is 55.8 Å². The number of Topliss-reactive ketones (excluding diaryl/α,β-unsaturated/α-hetero) is 1. The molecule has 0 saturated heterocycles. The lowest BCUT2D eigenvalue weighted by Gasteiger charge is -2.46. The van der Waals surface area contributed by atoms with Crippen LogP contribution in [0.1, 0.15) is 52.4 Å². The van der Waals surface area contributed by atoms with E-state index in [0.717, 1.165) is 32.1 Å². The molecular formula is C20H31NO4. The van der Waals surface area contributed by atoms with Crippen LogP contribution in [0.3, 0.4) is 0 Å². The molecule has 4 rings (SSSR count). The zero-order valence-electron chi connectivity index (χ0n) is 16.1. The molecule has 0 aromatic rings. The van der Waals surface area contributed by atoms with E-state index in [2.05, 4.69) is 13.8 Å². The number of ether oxygens (including phenoxy) is 1. The Balaban J connectivity index is 1.73. The fraction of sp³-hybridized carbons (Fsp3) is 0.900.